The standard InChI is InChI=1S/C30H27F3N6O2S2/c1-19-8-9-20(2)25(15-19)39-26(40)17-43-29(39)36-28(42)34-14-4-6-21-5-3-7-22(16-21)27-35-18-38(37-27)23-10-12-24(13-11-23)41-30(31,32)33/h3,5,7-13,15-16,18H,4,6,14,17H2,1-2H3,(H,34,42)/b36-29-. The lowest BCUT2D eigenvalue weighted by atomic mass is 10.1. The second-order valence-corrected chi connectivity index (χ2v) is 11.1. The molecular formula is C30H27F3N6O2S2. The van der Waals surface area contributed by atoms with Gasteiger partial charge in [0.25, 0.3) is 0 Å². The minimum atomic E-state index is -4.75. The number of hydrogen-bond acceptors (Lipinski definition) is 6. The van der Waals surface area contributed by atoms with Crippen molar-refractivity contribution in [1.82, 2.24) is 20.1 Å². The van der Waals surface area contributed by atoms with Crippen molar-refractivity contribution >= 4 is 45.9 Å². The highest BCUT2D eigenvalue weighted by Crippen LogP contribution is 2.30. The predicted octanol–water partition coefficient (Wildman–Crippen LogP) is 6.39. The Morgan fingerprint density at radius 2 is 1.91 bits per heavy atom. The van der Waals surface area contributed by atoms with Crippen LogP contribution in [0.25, 0.3) is 17.1 Å². The predicted molar refractivity (Wildman–Crippen MR) is 166 cm³/mol. The van der Waals surface area contributed by atoms with Crippen LogP contribution in [0.2, 0.25) is 0 Å². The maximum absolute atomic E-state index is 12.6. The zero-order valence-electron chi connectivity index (χ0n) is 23.3. The molecule has 8 nitrogen and oxygen atoms in total. The van der Waals surface area contributed by atoms with Crippen LogP contribution in [0, 0.1) is 13.8 Å². The van der Waals surface area contributed by atoms with Crippen molar-refractivity contribution in [2.24, 2.45) is 4.99 Å². The number of aromatic nitrogens is 3. The van der Waals surface area contributed by atoms with Gasteiger partial charge in [0.1, 0.15) is 12.1 Å². The molecule has 1 N–H and O–H groups in total. The lowest BCUT2D eigenvalue weighted by molar-refractivity contribution is -0.274. The van der Waals surface area contributed by atoms with E-state index >= 15 is 0 Å². The highest BCUT2D eigenvalue weighted by molar-refractivity contribution is 8.15. The Balaban J connectivity index is 1.15. The number of carbonyl (C=O) groups excluding carboxylic acids is 1. The summed E-state index contributed by atoms with van der Waals surface area (Å²) >= 11 is 6.83. The van der Waals surface area contributed by atoms with Crippen LogP contribution in [0.4, 0.5) is 18.9 Å². The van der Waals surface area contributed by atoms with Crippen molar-refractivity contribution in [2.75, 3.05) is 17.2 Å². The van der Waals surface area contributed by atoms with Crippen molar-refractivity contribution in [3.05, 3.63) is 89.7 Å². The van der Waals surface area contributed by atoms with E-state index in [0.29, 0.717) is 34.1 Å². The van der Waals surface area contributed by atoms with Crippen molar-refractivity contribution in [2.45, 2.75) is 33.1 Å². The van der Waals surface area contributed by atoms with Gasteiger partial charge in [0.05, 0.1) is 17.1 Å². The third-order valence-corrected chi connectivity index (χ3v) is 7.66. The Morgan fingerprint density at radius 3 is 2.67 bits per heavy atom. The molecule has 0 bridgehead atoms. The van der Waals surface area contributed by atoms with E-state index in [4.69, 9.17) is 12.2 Å². The minimum absolute atomic E-state index is 0.0205. The fourth-order valence-electron chi connectivity index (χ4n) is 4.44. The van der Waals surface area contributed by atoms with Gasteiger partial charge < -0.3 is 10.1 Å². The van der Waals surface area contributed by atoms with E-state index < -0.39 is 6.36 Å². The summed E-state index contributed by atoms with van der Waals surface area (Å²) in [7, 11) is 0. The number of amidine groups is 1. The largest absolute Gasteiger partial charge is 0.573 e. The first-order valence-corrected chi connectivity index (χ1v) is 14.7. The monoisotopic (exact) mass is 624 g/mol. The van der Waals surface area contributed by atoms with Gasteiger partial charge in [-0.05, 0) is 92.0 Å². The number of nitrogens with zero attached hydrogens (tertiary/aromatic N) is 5. The number of amides is 1. The first-order chi connectivity index (χ1) is 20.6. The Kier molecular flexibility index (Phi) is 9.11. The van der Waals surface area contributed by atoms with E-state index in [1.165, 1.54) is 47.0 Å². The van der Waals surface area contributed by atoms with E-state index in [1.807, 2.05) is 56.3 Å². The van der Waals surface area contributed by atoms with Crippen LogP contribution in [0.1, 0.15) is 23.1 Å². The molecule has 1 fully saturated rings. The van der Waals surface area contributed by atoms with Crippen LogP contribution in [0.5, 0.6) is 5.75 Å². The number of anilines is 1. The Labute approximate surface area is 256 Å². The molecule has 2 heterocycles. The van der Waals surface area contributed by atoms with Crippen molar-refractivity contribution < 1.29 is 22.7 Å². The molecule has 13 heteroatoms. The first-order valence-electron chi connectivity index (χ1n) is 13.3. The molecule has 0 spiro atoms. The average Bonchev–Trinajstić information content (AvgIpc) is 3.59. The van der Waals surface area contributed by atoms with Gasteiger partial charge >= 0.3 is 6.36 Å². The summed E-state index contributed by atoms with van der Waals surface area (Å²) in [5.41, 5.74) is 5.33. The first kappa shape index (κ1) is 30.2. The lowest BCUT2D eigenvalue weighted by Crippen LogP contribution is -2.32. The lowest BCUT2D eigenvalue weighted by Gasteiger charge is -2.19. The van der Waals surface area contributed by atoms with Gasteiger partial charge in [-0.3, -0.25) is 9.69 Å². The molecule has 5 rings (SSSR count). The molecule has 1 amide bonds. The second-order valence-electron chi connectivity index (χ2n) is 9.79. The number of aliphatic imine (C=N–C) groups is 1. The number of carbonyl (C=O) groups is 1. The molecule has 4 aromatic rings. The fourth-order valence-corrected chi connectivity index (χ4v) is 5.56. The molecule has 3 aromatic carbocycles. The Morgan fingerprint density at radius 1 is 1.12 bits per heavy atom. The van der Waals surface area contributed by atoms with E-state index in [2.05, 4.69) is 25.1 Å². The number of ether oxygens (including phenoxy) is 1. The van der Waals surface area contributed by atoms with Crippen LogP contribution in [-0.4, -0.2) is 49.6 Å². The number of aryl methyl sites for hydroxylation is 3. The fraction of sp³-hybridized carbons (Fsp3) is 0.233. The topological polar surface area (TPSA) is 84.6 Å². The second kappa shape index (κ2) is 13.0. The third kappa shape index (κ3) is 7.79. The summed E-state index contributed by atoms with van der Waals surface area (Å²) in [5.74, 6) is 0.484. The maximum Gasteiger partial charge on any atom is 0.573 e. The van der Waals surface area contributed by atoms with Crippen molar-refractivity contribution in [1.29, 1.82) is 0 Å². The quantitative estimate of drug-likeness (QED) is 0.180. The number of halogens is 3. The molecule has 0 unspecified atom stereocenters. The number of thioether (sulfide) groups is 1. The summed E-state index contributed by atoms with van der Waals surface area (Å²) < 4.78 is 42.7. The van der Waals surface area contributed by atoms with Gasteiger partial charge in [0.2, 0.25) is 5.91 Å². The molecule has 0 aliphatic carbocycles. The van der Waals surface area contributed by atoms with E-state index in [9.17, 15) is 18.0 Å². The SMILES string of the molecule is Cc1ccc(C)c(N2C(=O)CS/C2=N\C(=S)NCCCc2cccc(-c3ncn(-c4ccc(OC(F)(F)F)cc4)n3)c2)c1. The molecule has 0 atom stereocenters. The van der Waals surface area contributed by atoms with E-state index in [1.54, 1.807) is 4.90 Å². The van der Waals surface area contributed by atoms with Gasteiger partial charge in [0, 0.05) is 12.1 Å². The van der Waals surface area contributed by atoms with Crippen LogP contribution in [0.3, 0.4) is 0 Å². The number of nitrogens with one attached hydrogen (secondary N) is 1. The van der Waals surface area contributed by atoms with Crippen molar-refractivity contribution in [3.8, 4) is 22.8 Å². The number of alkyl halides is 3. The van der Waals surface area contributed by atoms with Gasteiger partial charge in [-0.2, -0.15) is 4.99 Å². The zero-order chi connectivity index (χ0) is 30.6. The number of thiocarbonyl (C=S) groups is 1. The molecule has 222 valence electrons. The third-order valence-electron chi connectivity index (χ3n) is 6.50. The number of hydrogen-bond donors (Lipinski definition) is 1. The van der Waals surface area contributed by atoms with Crippen LogP contribution in [0.15, 0.2) is 78.0 Å². The van der Waals surface area contributed by atoms with Gasteiger partial charge in [-0.25, -0.2) is 9.67 Å². The van der Waals surface area contributed by atoms with Gasteiger partial charge in [-0.1, -0.05) is 42.1 Å². The summed E-state index contributed by atoms with van der Waals surface area (Å²) in [5, 5.41) is 8.55. The zero-order valence-corrected chi connectivity index (χ0v) is 24.9. The van der Waals surface area contributed by atoms with Crippen LogP contribution in [-0.2, 0) is 11.2 Å². The molecule has 1 aromatic heterocycles. The number of benzene rings is 3. The molecular weight excluding hydrogens is 597 g/mol. The molecule has 1 saturated heterocycles. The Bertz CT molecular complexity index is 1670. The number of rotatable bonds is 8. The van der Waals surface area contributed by atoms with Crippen LogP contribution >= 0.6 is 24.0 Å². The summed E-state index contributed by atoms with van der Waals surface area (Å²) in [6, 6.07) is 19.2. The molecule has 1 aliphatic heterocycles. The van der Waals surface area contributed by atoms with Crippen molar-refractivity contribution in [3.63, 3.8) is 0 Å². The Hall–Kier alpha value is -4.23. The normalized spacial score (nSPS) is 14.4. The van der Waals surface area contributed by atoms with Gasteiger partial charge in [-0.15, -0.1) is 18.3 Å². The summed E-state index contributed by atoms with van der Waals surface area (Å²) in [4.78, 5) is 23.1. The van der Waals surface area contributed by atoms with E-state index in [0.717, 1.165) is 40.8 Å². The van der Waals surface area contributed by atoms with E-state index in [-0.39, 0.29) is 11.7 Å². The van der Waals surface area contributed by atoms with Gasteiger partial charge in [0.15, 0.2) is 16.1 Å². The molecule has 43 heavy (non-hydrogen) atoms. The van der Waals surface area contributed by atoms with Crippen LogP contribution < -0.4 is 15.0 Å². The average molecular weight is 625 g/mol. The summed E-state index contributed by atoms with van der Waals surface area (Å²) in [6.45, 7) is 4.55. The maximum atomic E-state index is 12.6. The molecule has 0 radical (unpaired) electrons. The minimum Gasteiger partial charge on any atom is -0.406 e. The molecule has 0 saturated carbocycles. The smallest absolute Gasteiger partial charge is 0.406 e. The molecule has 1 aliphatic rings. The summed E-state index contributed by atoms with van der Waals surface area (Å²) in [6.07, 6.45) is -1.69. The highest BCUT2D eigenvalue weighted by Gasteiger charge is 2.32. The highest BCUT2D eigenvalue weighted by atomic mass is 32.2.